The van der Waals surface area contributed by atoms with Crippen molar-refractivity contribution in [1.82, 2.24) is 20.4 Å². The molecule has 1 saturated heterocycles. The van der Waals surface area contributed by atoms with Crippen LogP contribution in [-0.4, -0.2) is 39.6 Å². The van der Waals surface area contributed by atoms with Gasteiger partial charge < -0.3 is 9.73 Å². The van der Waals surface area contributed by atoms with Crippen molar-refractivity contribution >= 4 is 39.6 Å². The number of aromatic nitrogens is 2. The first-order valence-corrected chi connectivity index (χ1v) is 10.2. The zero-order chi connectivity index (χ0) is 19.4. The Morgan fingerprint density at radius 2 is 2.07 bits per heavy atom. The third kappa shape index (κ3) is 4.78. The van der Waals surface area contributed by atoms with E-state index in [9.17, 15) is 9.59 Å². The lowest BCUT2D eigenvalue weighted by Gasteiger charge is -2.34. The molecule has 1 aliphatic rings. The summed E-state index contributed by atoms with van der Waals surface area (Å²) < 4.78 is 6.71. The molecule has 3 rings (SSSR count). The van der Waals surface area contributed by atoms with Gasteiger partial charge in [0.1, 0.15) is 0 Å². The van der Waals surface area contributed by atoms with E-state index >= 15 is 0 Å². The van der Waals surface area contributed by atoms with Crippen molar-refractivity contribution in [2.75, 3.05) is 6.54 Å². The molecule has 0 radical (unpaired) electrons. The van der Waals surface area contributed by atoms with E-state index in [0.29, 0.717) is 16.9 Å². The highest BCUT2D eigenvalue weighted by atomic mass is 79.9. The summed E-state index contributed by atoms with van der Waals surface area (Å²) in [5.74, 6) is 0.380. The van der Waals surface area contributed by atoms with Crippen LogP contribution >= 0.6 is 27.7 Å². The number of nitrogens with one attached hydrogen (secondary N) is 1. The number of thioether (sulfide) groups is 1. The lowest BCUT2D eigenvalue weighted by atomic mass is 9.93. The first kappa shape index (κ1) is 19.6. The van der Waals surface area contributed by atoms with E-state index in [2.05, 4.69) is 38.0 Å². The van der Waals surface area contributed by atoms with Crippen molar-refractivity contribution < 1.29 is 14.0 Å². The van der Waals surface area contributed by atoms with E-state index in [0.717, 1.165) is 14.9 Å². The summed E-state index contributed by atoms with van der Waals surface area (Å²) >= 11 is 4.85. The molecule has 27 heavy (non-hydrogen) atoms. The minimum absolute atomic E-state index is 0.173. The molecule has 2 atom stereocenters. The number of halogens is 1. The molecule has 3 amide bonds. The van der Waals surface area contributed by atoms with Gasteiger partial charge in [0.2, 0.25) is 11.8 Å². The first-order valence-electron chi connectivity index (χ1n) is 8.40. The van der Waals surface area contributed by atoms with Crippen molar-refractivity contribution in [2.24, 2.45) is 5.92 Å². The number of hydrogen-bond acceptors (Lipinski definition) is 6. The molecule has 9 heteroatoms. The fraction of sp³-hybridized carbons (Fsp3) is 0.333. The molecule has 142 valence electrons. The molecular formula is C18H19BrN4O3S. The van der Waals surface area contributed by atoms with Crippen LogP contribution in [0.1, 0.15) is 18.4 Å². The van der Waals surface area contributed by atoms with Crippen LogP contribution in [0.3, 0.4) is 0 Å². The summed E-state index contributed by atoms with van der Waals surface area (Å²) in [5, 5.41) is 11.3. The summed E-state index contributed by atoms with van der Waals surface area (Å²) in [4.78, 5) is 25.7. The Labute approximate surface area is 169 Å². The van der Waals surface area contributed by atoms with Crippen LogP contribution in [0.15, 0.2) is 51.0 Å². The highest BCUT2D eigenvalue weighted by molar-refractivity contribution is 9.10. The molecule has 2 unspecified atom stereocenters. The molecule has 1 N–H and O–H groups in total. The minimum Gasteiger partial charge on any atom is -0.416 e. The Balaban J connectivity index is 1.62. The van der Waals surface area contributed by atoms with Crippen molar-refractivity contribution in [3.05, 3.63) is 52.8 Å². The summed E-state index contributed by atoms with van der Waals surface area (Å²) in [7, 11) is 0. The van der Waals surface area contributed by atoms with Crippen molar-refractivity contribution in [3.8, 4) is 0 Å². The number of rotatable bonds is 7. The number of carbonyl (C=O) groups is 2. The van der Waals surface area contributed by atoms with E-state index in [1.165, 1.54) is 17.8 Å². The van der Waals surface area contributed by atoms with Crippen LogP contribution in [0.5, 0.6) is 0 Å². The van der Waals surface area contributed by atoms with Gasteiger partial charge in [-0.2, -0.15) is 0 Å². The van der Waals surface area contributed by atoms with Gasteiger partial charge in [-0.1, -0.05) is 45.9 Å². The van der Waals surface area contributed by atoms with Crippen LogP contribution in [0, 0.1) is 5.92 Å². The smallest absolute Gasteiger partial charge is 0.324 e. The van der Waals surface area contributed by atoms with E-state index in [4.69, 9.17) is 4.42 Å². The van der Waals surface area contributed by atoms with Gasteiger partial charge in [-0.15, -0.1) is 16.8 Å². The largest absolute Gasteiger partial charge is 0.416 e. The van der Waals surface area contributed by atoms with Gasteiger partial charge in [-0.05, 0) is 24.6 Å². The predicted octanol–water partition coefficient (Wildman–Crippen LogP) is 3.41. The Morgan fingerprint density at radius 3 is 2.78 bits per heavy atom. The Bertz CT molecular complexity index is 839. The molecular weight excluding hydrogens is 432 g/mol. The van der Waals surface area contributed by atoms with Gasteiger partial charge in [0.15, 0.2) is 0 Å². The molecule has 1 fully saturated rings. The van der Waals surface area contributed by atoms with E-state index in [1.54, 1.807) is 6.92 Å². The maximum atomic E-state index is 12.6. The lowest BCUT2D eigenvalue weighted by molar-refractivity contribution is -0.134. The summed E-state index contributed by atoms with van der Waals surface area (Å²) in [6.45, 7) is 5.55. The Hall–Kier alpha value is -2.13. The van der Waals surface area contributed by atoms with E-state index < -0.39 is 11.9 Å². The number of benzene rings is 1. The fourth-order valence-corrected chi connectivity index (χ4v) is 3.75. The number of imide groups is 1. The second kappa shape index (κ2) is 8.71. The van der Waals surface area contributed by atoms with Crippen LogP contribution in [0.25, 0.3) is 0 Å². The molecule has 1 aliphatic heterocycles. The van der Waals surface area contributed by atoms with Crippen LogP contribution in [0.2, 0.25) is 0 Å². The van der Waals surface area contributed by atoms with Gasteiger partial charge in [0.25, 0.3) is 5.22 Å². The quantitative estimate of drug-likeness (QED) is 0.513. The number of urea groups is 1. The second-order valence-electron chi connectivity index (χ2n) is 6.16. The standard InChI is InChI=1S/C18H19BrN4O3S/c1-3-8-23-16(24)14(11(2)20-17(23)25)9-15-21-22-18(26-15)27-10-12-4-6-13(19)7-5-12/h3-7,11,14H,1,8-10H2,2H3,(H,20,25). The molecule has 0 aliphatic carbocycles. The topological polar surface area (TPSA) is 88.3 Å². The predicted molar refractivity (Wildman–Crippen MR) is 105 cm³/mol. The first-order chi connectivity index (χ1) is 13.0. The number of amides is 3. The van der Waals surface area contributed by atoms with Crippen molar-refractivity contribution in [3.63, 3.8) is 0 Å². The highest BCUT2D eigenvalue weighted by Gasteiger charge is 2.39. The monoisotopic (exact) mass is 450 g/mol. The molecule has 2 heterocycles. The molecule has 1 aromatic heterocycles. The number of carbonyl (C=O) groups excluding carboxylic acids is 2. The van der Waals surface area contributed by atoms with E-state index in [1.807, 2.05) is 24.3 Å². The van der Waals surface area contributed by atoms with Gasteiger partial charge in [0, 0.05) is 29.2 Å². The summed E-state index contributed by atoms with van der Waals surface area (Å²) in [6, 6.07) is 7.29. The average Bonchev–Trinajstić information content (AvgIpc) is 3.09. The van der Waals surface area contributed by atoms with Crippen LogP contribution < -0.4 is 5.32 Å². The maximum Gasteiger partial charge on any atom is 0.324 e. The minimum atomic E-state index is -0.451. The molecule has 7 nitrogen and oxygen atoms in total. The molecule has 0 spiro atoms. The highest BCUT2D eigenvalue weighted by Crippen LogP contribution is 2.25. The van der Waals surface area contributed by atoms with Crippen LogP contribution in [0.4, 0.5) is 4.79 Å². The van der Waals surface area contributed by atoms with Crippen molar-refractivity contribution in [1.29, 1.82) is 0 Å². The van der Waals surface area contributed by atoms with Gasteiger partial charge >= 0.3 is 6.03 Å². The van der Waals surface area contributed by atoms with Crippen LogP contribution in [-0.2, 0) is 17.0 Å². The fourth-order valence-electron chi connectivity index (χ4n) is 2.75. The van der Waals surface area contributed by atoms with Gasteiger partial charge in [-0.3, -0.25) is 9.69 Å². The lowest BCUT2D eigenvalue weighted by Crippen LogP contribution is -2.59. The Morgan fingerprint density at radius 1 is 1.33 bits per heavy atom. The third-order valence-electron chi connectivity index (χ3n) is 4.21. The maximum absolute atomic E-state index is 12.6. The average molecular weight is 451 g/mol. The zero-order valence-electron chi connectivity index (χ0n) is 14.7. The summed E-state index contributed by atoms with van der Waals surface area (Å²) in [6.07, 6.45) is 1.80. The number of hydrogen-bond donors (Lipinski definition) is 1. The number of nitrogens with zero attached hydrogens (tertiary/aromatic N) is 3. The third-order valence-corrected chi connectivity index (χ3v) is 5.63. The molecule has 0 saturated carbocycles. The molecule has 0 bridgehead atoms. The normalized spacial score (nSPS) is 19.9. The Kier molecular flexibility index (Phi) is 6.33. The van der Waals surface area contributed by atoms with Crippen molar-refractivity contribution in [2.45, 2.75) is 30.4 Å². The second-order valence-corrected chi connectivity index (χ2v) is 8.01. The zero-order valence-corrected chi connectivity index (χ0v) is 17.1. The van der Waals surface area contributed by atoms with E-state index in [-0.39, 0.29) is 24.9 Å². The van der Waals surface area contributed by atoms with Gasteiger partial charge in [-0.25, -0.2) is 4.79 Å². The SMILES string of the molecule is C=CCN1C(=O)NC(C)C(Cc2nnc(SCc3ccc(Br)cc3)o2)C1=O. The molecule has 1 aromatic carbocycles. The summed E-state index contributed by atoms with van der Waals surface area (Å²) in [5.41, 5.74) is 1.14. The van der Waals surface area contributed by atoms with Gasteiger partial charge in [0.05, 0.1) is 5.92 Å². The molecule has 2 aromatic rings.